The Kier molecular flexibility index (Phi) is 4.54. The minimum atomic E-state index is -0.598. The molecular weight excluding hydrogens is 637 g/mol. The lowest BCUT2D eigenvalue weighted by Gasteiger charge is -2.12. The number of para-hydroxylation sites is 3. The van der Waals surface area contributed by atoms with Gasteiger partial charge in [-0.15, -0.1) is 11.3 Å². The van der Waals surface area contributed by atoms with Gasteiger partial charge in [-0.1, -0.05) is 115 Å². The molecule has 0 N–H and O–H groups in total. The largest absolute Gasteiger partial charge is 0.309 e. The summed E-state index contributed by atoms with van der Waals surface area (Å²) in [4.78, 5) is 0. The molecule has 51 heavy (non-hydrogen) atoms. The minimum Gasteiger partial charge on any atom is -0.309 e. The highest BCUT2D eigenvalue weighted by molar-refractivity contribution is 7.25. The number of hydrogen-bond donors (Lipinski definition) is 0. The van der Waals surface area contributed by atoms with Crippen LogP contribution in [0.3, 0.4) is 0 Å². The Bertz CT molecular complexity index is 3590. The lowest BCUT2D eigenvalue weighted by Crippen LogP contribution is -1.96. The predicted molar refractivity (Wildman–Crippen MR) is 219 cm³/mol. The van der Waals surface area contributed by atoms with Gasteiger partial charge in [-0.25, -0.2) is 0 Å². The molecule has 0 aliphatic rings. The minimum absolute atomic E-state index is 0.0472. The highest BCUT2D eigenvalue weighted by Crippen LogP contribution is 2.43. The quantitative estimate of drug-likeness (QED) is 0.176. The van der Waals surface area contributed by atoms with Crippen molar-refractivity contribution in [3.8, 4) is 33.6 Å². The fraction of sp³-hybridized carbons (Fsp3) is 0. The van der Waals surface area contributed by atoms with Gasteiger partial charge in [-0.05, 0) is 89.0 Å². The summed E-state index contributed by atoms with van der Waals surface area (Å²) in [6.07, 6.45) is 0. The van der Waals surface area contributed by atoms with Crippen molar-refractivity contribution in [1.82, 2.24) is 9.13 Å². The number of rotatable bonds is 4. The van der Waals surface area contributed by atoms with E-state index in [1.807, 2.05) is 18.2 Å². The van der Waals surface area contributed by atoms with E-state index in [1.54, 1.807) is 17.4 Å². The topological polar surface area (TPSA) is 9.86 Å². The molecule has 0 saturated heterocycles. The summed E-state index contributed by atoms with van der Waals surface area (Å²) < 4.78 is 84.3. The molecule has 0 saturated carbocycles. The lowest BCUT2D eigenvalue weighted by atomic mass is 9.98. The summed E-state index contributed by atoms with van der Waals surface area (Å²) in [6.45, 7) is 0. The van der Waals surface area contributed by atoms with E-state index in [9.17, 15) is 1.37 Å². The zero-order chi connectivity index (χ0) is 41.3. The highest BCUT2D eigenvalue weighted by Gasteiger charge is 2.19. The Hall–Kier alpha value is -6.42. The van der Waals surface area contributed by atoms with Gasteiger partial charge in [-0.3, -0.25) is 0 Å². The molecule has 0 aliphatic carbocycles. The van der Waals surface area contributed by atoms with Gasteiger partial charge in [0, 0.05) is 47.4 Å². The summed E-state index contributed by atoms with van der Waals surface area (Å²) in [5, 5.41) is 6.44. The molecule has 0 fully saturated rings. The van der Waals surface area contributed by atoms with Gasteiger partial charge in [0.2, 0.25) is 0 Å². The third kappa shape index (κ3) is 4.29. The maximum Gasteiger partial charge on any atom is 0.0636 e. The molecule has 0 atom stereocenters. The third-order valence-electron chi connectivity index (χ3n) is 9.87. The average molecular weight is 676 g/mol. The molecule has 0 unspecified atom stereocenters. The van der Waals surface area contributed by atoms with Crippen LogP contribution in [-0.2, 0) is 0 Å². The van der Waals surface area contributed by atoms with Crippen molar-refractivity contribution >= 4 is 75.1 Å². The second-order valence-corrected chi connectivity index (χ2v) is 13.7. The lowest BCUT2D eigenvalue weighted by molar-refractivity contribution is 1.17. The normalized spacial score (nSPS) is 14.4. The Labute approximate surface area is 311 Å². The number of hydrogen-bond acceptors (Lipinski definition) is 1. The highest BCUT2D eigenvalue weighted by atomic mass is 32.1. The van der Waals surface area contributed by atoms with Crippen LogP contribution in [0, 0.1) is 0 Å². The van der Waals surface area contributed by atoms with Crippen molar-refractivity contribution in [2.45, 2.75) is 0 Å². The number of nitrogens with zero attached hydrogens (tertiary/aromatic N) is 2. The van der Waals surface area contributed by atoms with E-state index >= 15 is 0 Å². The van der Waals surface area contributed by atoms with E-state index in [2.05, 4.69) is 112 Å². The van der Waals surface area contributed by atoms with Crippen LogP contribution in [0.25, 0.3) is 97.4 Å². The molecule has 3 heterocycles. The number of fused-ring (bicyclic) bond motifs is 9. The summed E-state index contributed by atoms with van der Waals surface area (Å²) in [5.74, 6) is 0. The first-order chi connectivity index (χ1) is 29.0. The van der Waals surface area contributed by atoms with E-state index in [4.69, 9.17) is 11.0 Å². The van der Waals surface area contributed by atoms with Crippen LogP contribution in [0.2, 0.25) is 0 Å². The van der Waals surface area contributed by atoms with Crippen molar-refractivity contribution in [3.05, 3.63) is 182 Å². The van der Waals surface area contributed by atoms with E-state index < -0.39 is 42.3 Å². The molecule has 238 valence electrons. The average Bonchev–Trinajstić information content (AvgIpc) is 3.93. The van der Waals surface area contributed by atoms with E-state index in [0.29, 0.717) is 5.56 Å². The summed E-state index contributed by atoms with van der Waals surface area (Å²) in [5.41, 5.74) is 6.23. The van der Waals surface area contributed by atoms with Crippen molar-refractivity contribution < 1.29 is 12.3 Å². The van der Waals surface area contributed by atoms with E-state index in [1.165, 1.54) is 10.8 Å². The molecule has 0 amide bonds. The molecule has 11 rings (SSSR count). The molecule has 3 heteroatoms. The SMILES string of the molecule is [2H]c1c([2H])c([2H])c(-c2c([2H])c([2H])c([2H])c(-c3ccc4sc5cccc(-n6c7ccccc7c7cc(-n8c9ccccc9c9ccccc98)ccc76)c5c4c3)c2[2H])c([2H])c1[2H]. The Morgan fingerprint density at radius 3 is 1.78 bits per heavy atom. The van der Waals surface area contributed by atoms with Crippen LogP contribution in [-0.4, -0.2) is 9.13 Å². The van der Waals surface area contributed by atoms with Crippen molar-refractivity contribution in [2.24, 2.45) is 0 Å². The maximum atomic E-state index is 9.35. The van der Waals surface area contributed by atoms with Crippen LogP contribution in [0.4, 0.5) is 0 Å². The summed E-state index contributed by atoms with van der Waals surface area (Å²) >= 11 is 1.63. The van der Waals surface area contributed by atoms with Crippen molar-refractivity contribution in [2.75, 3.05) is 0 Å². The number of benzene rings is 8. The fourth-order valence-corrected chi connectivity index (χ4v) is 8.81. The maximum absolute atomic E-state index is 9.35. The first kappa shape index (κ1) is 20.9. The predicted octanol–water partition coefficient (Wildman–Crippen LogP) is 13.6. The van der Waals surface area contributed by atoms with Gasteiger partial charge >= 0.3 is 0 Å². The van der Waals surface area contributed by atoms with Crippen molar-refractivity contribution in [3.63, 3.8) is 0 Å². The smallest absolute Gasteiger partial charge is 0.0636 e. The third-order valence-corrected chi connectivity index (χ3v) is 11.0. The van der Waals surface area contributed by atoms with Crippen LogP contribution in [0.15, 0.2) is 182 Å². The molecular formula is C48H30N2S. The van der Waals surface area contributed by atoms with Gasteiger partial charge in [-0.2, -0.15) is 0 Å². The molecule has 0 bridgehead atoms. The molecule has 11 aromatic rings. The van der Waals surface area contributed by atoms with E-state index in [-0.39, 0.29) is 28.8 Å². The van der Waals surface area contributed by atoms with E-state index in [0.717, 1.165) is 64.4 Å². The monoisotopic (exact) mass is 675 g/mol. The molecule has 2 nitrogen and oxygen atoms in total. The second-order valence-electron chi connectivity index (χ2n) is 12.6. The zero-order valence-corrected chi connectivity index (χ0v) is 27.7. The van der Waals surface area contributed by atoms with Crippen molar-refractivity contribution in [1.29, 1.82) is 0 Å². The molecule has 0 spiro atoms. The van der Waals surface area contributed by atoms with Gasteiger partial charge < -0.3 is 9.13 Å². The molecule has 3 aromatic heterocycles. The van der Waals surface area contributed by atoms with Gasteiger partial charge in [0.15, 0.2) is 0 Å². The Balaban J connectivity index is 1.15. The first-order valence-corrected chi connectivity index (χ1v) is 17.5. The number of thiophene rings is 1. The van der Waals surface area contributed by atoms with Gasteiger partial charge in [0.25, 0.3) is 0 Å². The van der Waals surface area contributed by atoms with Crippen LogP contribution in [0.5, 0.6) is 0 Å². The van der Waals surface area contributed by atoms with Crippen LogP contribution >= 0.6 is 11.3 Å². The van der Waals surface area contributed by atoms with Crippen LogP contribution < -0.4 is 0 Å². The first-order valence-electron chi connectivity index (χ1n) is 21.2. The van der Waals surface area contributed by atoms with Crippen LogP contribution in [0.1, 0.15) is 12.3 Å². The fourth-order valence-electron chi connectivity index (χ4n) is 7.70. The number of aromatic nitrogens is 2. The molecule has 8 aromatic carbocycles. The molecule has 0 radical (unpaired) electrons. The molecule has 0 aliphatic heterocycles. The van der Waals surface area contributed by atoms with Gasteiger partial charge in [0.1, 0.15) is 0 Å². The summed E-state index contributed by atoms with van der Waals surface area (Å²) in [7, 11) is 0. The van der Waals surface area contributed by atoms with Gasteiger partial charge in [0.05, 0.1) is 40.1 Å². The Morgan fingerprint density at radius 1 is 0.412 bits per heavy atom. The standard InChI is InChI=1S/C48H30N2S/c1-2-12-31(13-3-1)32-14-10-15-33(28-32)34-24-27-46-40(29-34)48-45(22-11-23-47(48)51-46)50-43-21-9-6-18-38(43)39-30-35(25-26-44(39)50)49-41-19-7-4-16-36(41)37-17-5-8-20-42(37)49/h1-30H/i1D,2D,3D,10D,12D,13D,14D,15D,28D. The Morgan fingerprint density at radius 2 is 1.04 bits per heavy atom. The zero-order valence-electron chi connectivity index (χ0n) is 35.9. The summed E-state index contributed by atoms with van der Waals surface area (Å²) in [6, 6.07) is 39.2. The second kappa shape index (κ2) is 11.0.